The third kappa shape index (κ3) is 4.82. The Bertz CT molecular complexity index is 1440. The predicted octanol–water partition coefficient (Wildman–Crippen LogP) is 4.96. The summed E-state index contributed by atoms with van der Waals surface area (Å²) in [6, 6.07) is 30.0. The molecule has 0 bridgehead atoms. The molecule has 0 aliphatic rings. The summed E-state index contributed by atoms with van der Waals surface area (Å²) in [6.45, 7) is 0. The molecule has 0 aliphatic carbocycles. The highest BCUT2D eigenvalue weighted by atomic mass is 32.2. The van der Waals surface area contributed by atoms with Crippen LogP contribution in [0.5, 0.6) is 0 Å². The number of hydrogen-bond acceptors (Lipinski definition) is 4. The minimum Gasteiger partial charge on any atom is -0.280 e. The van der Waals surface area contributed by atoms with E-state index < -0.39 is 20.0 Å². The third-order valence-corrected chi connectivity index (χ3v) is 7.52. The van der Waals surface area contributed by atoms with E-state index in [1.165, 1.54) is 24.3 Å². The summed E-state index contributed by atoms with van der Waals surface area (Å²) < 4.78 is 56.5. The lowest BCUT2D eigenvalue weighted by molar-refractivity contribution is 0.600. The van der Waals surface area contributed by atoms with Gasteiger partial charge in [0.2, 0.25) is 0 Å². The zero-order chi connectivity index (χ0) is 22.6. The Morgan fingerprint density at radius 1 is 0.500 bits per heavy atom. The Morgan fingerprint density at radius 3 is 1.69 bits per heavy atom. The zero-order valence-electron chi connectivity index (χ0n) is 16.8. The van der Waals surface area contributed by atoms with Gasteiger partial charge in [0.1, 0.15) is 0 Å². The maximum Gasteiger partial charge on any atom is 0.262 e. The normalized spacial score (nSPS) is 11.6. The monoisotopic (exact) mass is 464 g/mol. The van der Waals surface area contributed by atoms with Gasteiger partial charge in [-0.3, -0.25) is 9.44 Å². The molecule has 4 aromatic carbocycles. The average molecular weight is 465 g/mol. The molecule has 0 fully saturated rings. The third-order valence-electron chi connectivity index (χ3n) is 4.68. The molecule has 0 aliphatic heterocycles. The number of nitrogens with one attached hydrogen (secondary N) is 2. The molecule has 2 N–H and O–H groups in total. The summed E-state index contributed by atoms with van der Waals surface area (Å²) in [6.07, 6.45) is 0. The lowest BCUT2D eigenvalue weighted by Crippen LogP contribution is -2.15. The second kappa shape index (κ2) is 8.86. The average Bonchev–Trinajstić information content (AvgIpc) is 2.80. The quantitative estimate of drug-likeness (QED) is 0.405. The Labute approximate surface area is 187 Å². The van der Waals surface area contributed by atoms with Gasteiger partial charge in [-0.1, -0.05) is 72.8 Å². The second-order valence-corrected chi connectivity index (χ2v) is 10.3. The molecule has 0 radical (unpaired) electrons. The molecule has 0 spiro atoms. The van der Waals surface area contributed by atoms with Crippen LogP contribution in [0.2, 0.25) is 0 Å². The van der Waals surface area contributed by atoms with Crippen LogP contribution in [-0.4, -0.2) is 16.8 Å². The fraction of sp³-hybridized carbons (Fsp3) is 0. The van der Waals surface area contributed by atoms with Crippen LogP contribution in [0.4, 0.5) is 11.4 Å². The molecule has 162 valence electrons. The van der Waals surface area contributed by atoms with Gasteiger partial charge >= 0.3 is 0 Å². The van der Waals surface area contributed by atoms with Crippen LogP contribution >= 0.6 is 0 Å². The van der Waals surface area contributed by atoms with Crippen molar-refractivity contribution in [3.63, 3.8) is 0 Å². The van der Waals surface area contributed by atoms with Crippen LogP contribution < -0.4 is 9.44 Å². The number of rotatable bonds is 7. The fourth-order valence-corrected chi connectivity index (χ4v) is 5.58. The topological polar surface area (TPSA) is 92.3 Å². The van der Waals surface area contributed by atoms with Crippen molar-refractivity contribution < 1.29 is 16.8 Å². The molecule has 0 atom stereocenters. The van der Waals surface area contributed by atoms with Gasteiger partial charge in [0, 0.05) is 5.56 Å². The first-order valence-corrected chi connectivity index (χ1v) is 12.7. The molecule has 0 saturated heterocycles. The smallest absolute Gasteiger partial charge is 0.262 e. The van der Waals surface area contributed by atoms with Gasteiger partial charge in [0.15, 0.2) is 0 Å². The van der Waals surface area contributed by atoms with E-state index in [1.807, 2.05) is 30.3 Å². The number of anilines is 2. The molecule has 0 unspecified atom stereocenters. The van der Waals surface area contributed by atoms with Crippen molar-refractivity contribution in [2.75, 3.05) is 9.44 Å². The highest BCUT2D eigenvalue weighted by Gasteiger charge is 2.20. The highest BCUT2D eigenvalue weighted by molar-refractivity contribution is 7.93. The van der Waals surface area contributed by atoms with Gasteiger partial charge in [-0.25, -0.2) is 16.8 Å². The van der Waals surface area contributed by atoms with E-state index in [0.717, 1.165) is 5.56 Å². The summed E-state index contributed by atoms with van der Waals surface area (Å²) in [4.78, 5) is 0.240. The van der Waals surface area contributed by atoms with E-state index >= 15 is 0 Å². The van der Waals surface area contributed by atoms with E-state index in [2.05, 4.69) is 9.44 Å². The van der Waals surface area contributed by atoms with E-state index in [4.69, 9.17) is 0 Å². The first-order valence-electron chi connectivity index (χ1n) is 9.70. The van der Waals surface area contributed by atoms with E-state index in [0.29, 0.717) is 5.56 Å². The first-order chi connectivity index (χ1) is 15.4. The fourth-order valence-electron chi connectivity index (χ4n) is 3.23. The first kappa shape index (κ1) is 21.6. The van der Waals surface area contributed by atoms with Crippen LogP contribution in [0.15, 0.2) is 119 Å². The van der Waals surface area contributed by atoms with Gasteiger partial charge in [-0.2, -0.15) is 0 Å². The van der Waals surface area contributed by atoms with Crippen LogP contribution in [0.25, 0.3) is 11.1 Å². The Hall–Kier alpha value is -3.62. The molecule has 0 heterocycles. The van der Waals surface area contributed by atoms with Crippen molar-refractivity contribution in [3.05, 3.63) is 109 Å². The lowest BCUT2D eigenvalue weighted by Gasteiger charge is -2.14. The van der Waals surface area contributed by atoms with Crippen molar-refractivity contribution in [1.82, 2.24) is 0 Å². The molecular weight excluding hydrogens is 444 g/mol. The zero-order valence-corrected chi connectivity index (χ0v) is 18.5. The van der Waals surface area contributed by atoms with E-state index in [-0.39, 0.29) is 21.2 Å². The van der Waals surface area contributed by atoms with E-state index in [1.54, 1.807) is 54.6 Å². The van der Waals surface area contributed by atoms with Gasteiger partial charge in [-0.15, -0.1) is 0 Å². The summed E-state index contributed by atoms with van der Waals surface area (Å²) in [5.74, 6) is 0. The molecule has 0 aromatic heterocycles. The van der Waals surface area contributed by atoms with E-state index in [9.17, 15) is 16.8 Å². The Morgan fingerprint density at radius 2 is 1.03 bits per heavy atom. The van der Waals surface area contributed by atoms with Crippen molar-refractivity contribution in [3.8, 4) is 11.1 Å². The highest BCUT2D eigenvalue weighted by Crippen LogP contribution is 2.29. The maximum absolute atomic E-state index is 13.2. The Kier molecular flexibility index (Phi) is 5.98. The van der Waals surface area contributed by atoms with Crippen molar-refractivity contribution in [2.45, 2.75) is 9.79 Å². The minimum absolute atomic E-state index is 0.114. The number of benzene rings is 4. The van der Waals surface area contributed by atoms with Gasteiger partial charge in [0.05, 0.1) is 21.2 Å². The van der Waals surface area contributed by atoms with Crippen molar-refractivity contribution >= 4 is 31.4 Å². The van der Waals surface area contributed by atoms with Crippen LogP contribution in [0, 0.1) is 0 Å². The number of hydrogen-bond donors (Lipinski definition) is 2. The predicted molar refractivity (Wildman–Crippen MR) is 126 cm³/mol. The summed E-state index contributed by atoms with van der Waals surface area (Å²) in [7, 11) is -7.73. The standard InChI is InChI=1S/C24H20N2O4S2/c27-31(28,22-14-5-2-6-15-22)25-20-12-9-13-21(18-20)26-32(29,30)24-17-8-7-16-23(24)19-10-3-1-4-11-19/h1-18,25-26H. The van der Waals surface area contributed by atoms with Gasteiger partial charge in [0.25, 0.3) is 20.0 Å². The van der Waals surface area contributed by atoms with Crippen LogP contribution in [-0.2, 0) is 20.0 Å². The molecule has 4 rings (SSSR count). The summed E-state index contributed by atoms with van der Waals surface area (Å²) >= 11 is 0. The molecule has 0 amide bonds. The summed E-state index contributed by atoms with van der Waals surface area (Å²) in [5, 5.41) is 0. The molecule has 4 aromatic rings. The number of sulfonamides is 2. The summed E-state index contributed by atoms with van der Waals surface area (Å²) in [5.41, 5.74) is 1.82. The second-order valence-electron chi connectivity index (χ2n) is 6.97. The van der Waals surface area contributed by atoms with Crippen LogP contribution in [0.3, 0.4) is 0 Å². The minimum atomic E-state index is -3.93. The molecule has 32 heavy (non-hydrogen) atoms. The van der Waals surface area contributed by atoms with Crippen molar-refractivity contribution in [2.24, 2.45) is 0 Å². The van der Waals surface area contributed by atoms with Gasteiger partial charge in [-0.05, 0) is 42.0 Å². The molecule has 6 nitrogen and oxygen atoms in total. The van der Waals surface area contributed by atoms with Crippen molar-refractivity contribution in [1.29, 1.82) is 0 Å². The van der Waals surface area contributed by atoms with Gasteiger partial charge < -0.3 is 0 Å². The molecular formula is C24H20N2O4S2. The lowest BCUT2D eigenvalue weighted by atomic mass is 10.1. The van der Waals surface area contributed by atoms with Crippen LogP contribution in [0.1, 0.15) is 0 Å². The largest absolute Gasteiger partial charge is 0.280 e. The molecule has 8 heteroatoms. The Balaban J connectivity index is 1.62. The molecule has 0 saturated carbocycles. The maximum atomic E-state index is 13.2. The SMILES string of the molecule is O=S(=O)(Nc1cccc(NS(=O)(=O)c2ccccc2-c2ccccc2)c1)c1ccccc1.